The van der Waals surface area contributed by atoms with Gasteiger partial charge in [-0.2, -0.15) is 0 Å². The maximum absolute atomic E-state index is 11.9. The lowest BCUT2D eigenvalue weighted by Gasteiger charge is -2.04. The quantitative estimate of drug-likeness (QED) is 0.691. The number of anilines is 1. The first-order valence-corrected chi connectivity index (χ1v) is 9.00. The van der Waals surface area contributed by atoms with E-state index >= 15 is 0 Å². The molecule has 1 aromatic carbocycles. The molecule has 0 unspecified atom stereocenters. The number of aromatic nitrogens is 2. The Morgan fingerprint density at radius 1 is 1.35 bits per heavy atom. The first-order chi connectivity index (χ1) is 11.1. The lowest BCUT2D eigenvalue weighted by Crippen LogP contribution is -2.00. The average Bonchev–Trinajstić information content (AvgIpc) is 2.89. The number of carbonyl (C=O) groups excluding carboxylic acids is 1. The van der Waals surface area contributed by atoms with E-state index < -0.39 is 0 Å². The second-order valence-electron chi connectivity index (χ2n) is 5.35. The number of Topliss-reactive ketones (excluding diaryl/α,β-unsaturated/α-hetero) is 1. The van der Waals surface area contributed by atoms with Crippen molar-refractivity contribution in [3.8, 4) is 11.1 Å². The summed E-state index contributed by atoms with van der Waals surface area (Å²) in [7, 11) is 0. The summed E-state index contributed by atoms with van der Waals surface area (Å²) in [6.07, 6.45) is 3.65. The molecule has 0 fully saturated rings. The molecule has 0 saturated carbocycles. The number of hydrogen-bond donors (Lipinski definition) is 1. The van der Waals surface area contributed by atoms with Crippen molar-refractivity contribution in [2.45, 2.75) is 26.2 Å². The summed E-state index contributed by atoms with van der Waals surface area (Å²) in [6, 6.07) is 7.76. The SMILES string of the molecule is CCCC(=O)Cc1nc2cc(Br)cc(-c3ccc(N)nc3)c2s1. The summed E-state index contributed by atoms with van der Waals surface area (Å²) in [5.41, 5.74) is 8.60. The average molecular weight is 390 g/mol. The number of nitrogens with two attached hydrogens (primary N) is 1. The zero-order valence-electron chi connectivity index (χ0n) is 12.7. The van der Waals surface area contributed by atoms with Crippen LogP contribution in [0.5, 0.6) is 0 Å². The largest absolute Gasteiger partial charge is 0.384 e. The molecule has 0 saturated heterocycles. The van der Waals surface area contributed by atoms with Crippen LogP contribution in [0.3, 0.4) is 0 Å². The minimum Gasteiger partial charge on any atom is -0.384 e. The Bertz CT molecular complexity index is 858. The summed E-state index contributed by atoms with van der Waals surface area (Å²) < 4.78 is 2.02. The number of benzene rings is 1. The Hall–Kier alpha value is -1.79. The Labute approximate surface area is 146 Å². The van der Waals surface area contributed by atoms with E-state index in [-0.39, 0.29) is 5.78 Å². The topological polar surface area (TPSA) is 68.9 Å². The zero-order valence-corrected chi connectivity index (χ0v) is 15.1. The van der Waals surface area contributed by atoms with Gasteiger partial charge < -0.3 is 5.73 Å². The van der Waals surface area contributed by atoms with Crippen LogP contribution in [0.25, 0.3) is 21.3 Å². The molecule has 0 aliphatic carbocycles. The monoisotopic (exact) mass is 389 g/mol. The molecule has 23 heavy (non-hydrogen) atoms. The van der Waals surface area contributed by atoms with E-state index in [0.717, 1.165) is 37.2 Å². The highest BCUT2D eigenvalue weighted by Crippen LogP contribution is 2.36. The molecule has 0 aliphatic rings. The highest BCUT2D eigenvalue weighted by Gasteiger charge is 2.13. The summed E-state index contributed by atoms with van der Waals surface area (Å²) in [4.78, 5) is 20.7. The fraction of sp³-hybridized carbons (Fsp3) is 0.235. The van der Waals surface area contributed by atoms with Gasteiger partial charge in [0, 0.05) is 28.2 Å². The number of halogens is 1. The van der Waals surface area contributed by atoms with Gasteiger partial charge in [-0.15, -0.1) is 11.3 Å². The Morgan fingerprint density at radius 2 is 2.17 bits per heavy atom. The zero-order chi connectivity index (χ0) is 16.4. The van der Waals surface area contributed by atoms with Gasteiger partial charge in [0.2, 0.25) is 0 Å². The predicted molar refractivity (Wildman–Crippen MR) is 98.6 cm³/mol. The fourth-order valence-electron chi connectivity index (χ4n) is 2.44. The van der Waals surface area contributed by atoms with Gasteiger partial charge in [0.05, 0.1) is 16.6 Å². The normalized spacial score (nSPS) is 11.0. The molecule has 3 aromatic rings. The van der Waals surface area contributed by atoms with E-state index in [0.29, 0.717) is 18.7 Å². The van der Waals surface area contributed by atoms with E-state index in [2.05, 4.69) is 25.9 Å². The van der Waals surface area contributed by atoms with Gasteiger partial charge in [0.15, 0.2) is 0 Å². The number of rotatable bonds is 5. The lowest BCUT2D eigenvalue weighted by molar-refractivity contribution is -0.118. The summed E-state index contributed by atoms with van der Waals surface area (Å²) in [5, 5.41) is 0.862. The third kappa shape index (κ3) is 3.59. The van der Waals surface area contributed by atoms with Gasteiger partial charge in [-0.25, -0.2) is 9.97 Å². The number of nitrogen functional groups attached to an aromatic ring is 1. The summed E-state index contributed by atoms with van der Waals surface area (Å²) in [5.74, 6) is 0.733. The highest BCUT2D eigenvalue weighted by molar-refractivity contribution is 9.10. The molecule has 2 aromatic heterocycles. The van der Waals surface area contributed by atoms with Crippen molar-refractivity contribution >= 4 is 49.1 Å². The second kappa shape index (κ2) is 6.76. The Balaban J connectivity index is 2.05. The van der Waals surface area contributed by atoms with Gasteiger partial charge in [-0.05, 0) is 30.7 Å². The Kier molecular flexibility index (Phi) is 4.73. The van der Waals surface area contributed by atoms with E-state index in [1.54, 1.807) is 23.6 Å². The van der Waals surface area contributed by atoms with Crippen molar-refractivity contribution in [3.63, 3.8) is 0 Å². The number of pyridine rings is 1. The molecule has 118 valence electrons. The Morgan fingerprint density at radius 3 is 2.87 bits per heavy atom. The van der Waals surface area contributed by atoms with Gasteiger partial charge in [0.1, 0.15) is 16.6 Å². The minimum absolute atomic E-state index is 0.237. The molecule has 0 spiro atoms. The lowest BCUT2D eigenvalue weighted by atomic mass is 10.1. The number of thiazole rings is 1. The summed E-state index contributed by atoms with van der Waals surface area (Å²) in [6.45, 7) is 2.01. The third-order valence-electron chi connectivity index (χ3n) is 3.47. The summed E-state index contributed by atoms with van der Waals surface area (Å²) >= 11 is 5.11. The van der Waals surface area contributed by atoms with Gasteiger partial charge >= 0.3 is 0 Å². The van der Waals surface area contributed by atoms with Crippen LogP contribution in [-0.4, -0.2) is 15.8 Å². The number of fused-ring (bicyclic) bond motifs is 1. The van der Waals surface area contributed by atoms with Crippen molar-refractivity contribution in [1.29, 1.82) is 0 Å². The molecule has 0 radical (unpaired) electrons. The van der Waals surface area contributed by atoms with Gasteiger partial charge in [0.25, 0.3) is 0 Å². The van der Waals surface area contributed by atoms with Crippen LogP contribution in [0.2, 0.25) is 0 Å². The number of hydrogen-bond acceptors (Lipinski definition) is 5. The first kappa shape index (κ1) is 16.1. The van der Waals surface area contributed by atoms with E-state index in [9.17, 15) is 4.79 Å². The fourth-order valence-corrected chi connectivity index (χ4v) is 3.99. The van der Waals surface area contributed by atoms with Gasteiger partial charge in [-0.1, -0.05) is 22.9 Å². The van der Waals surface area contributed by atoms with Crippen molar-refractivity contribution in [2.75, 3.05) is 5.73 Å². The molecule has 0 aliphatic heterocycles. The van der Waals surface area contributed by atoms with E-state index in [4.69, 9.17) is 5.73 Å². The van der Waals surface area contributed by atoms with Crippen LogP contribution in [0.4, 0.5) is 5.82 Å². The van der Waals surface area contributed by atoms with Crippen LogP contribution < -0.4 is 5.73 Å². The molecule has 6 heteroatoms. The maximum atomic E-state index is 11.9. The molecule has 4 nitrogen and oxygen atoms in total. The predicted octanol–water partition coefficient (Wildman–Crippen LogP) is 4.61. The maximum Gasteiger partial charge on any atom is 0.139 e. The number of nitrogens with zero attached hydrogens (tertiary/aromatic N) is 2. The first-order valence-electron chi connectivity index (χ1n) is 7.39. The molecule has 2 heterocycles. The van der Waals surface area contributed by atoms with Crippen LogP contribution in [0.1, 0.15) is 24.8 Å². The van der Waals surface area contributed by atoms with Crippen LogP contribution >= 0.6 is 27.3 Å². The molecule has 2 N–H and O–H groups in total. The van der Waals surface area contributed by atoms with Gasteiger partial charge in [-0.3, -0.25) is 4.79 Å². The van der Waals surface area contributed by atoms with Crippen molar-refractivity contribution in [2.24, 2.45) is 0 Å². The van der Waals surface area contributed by atoms with E-state index in [1.807, 2.05) is 25.1 Å². The molecule has 0 atom stereocenters. The molecule has 0 amide bonds. The van der Waals surface area contributed by atoms with Crippen molar-refractivity contribution < 1.29 is 4.79 Å². The highest BCUT2D eigenvalue weighted by atomic mass is 79.9. The second-order valence-corrected chi connectivity index (χ2v) is 7.35. The number of carbonyl (C=O) groups is 1. The smallest absolute Gasteiger partial charge is 0.139 e. The van der Waals surface area contributed by atoms with Crippen LogP contribution in [-0.2, 0) is 11.2 Å². The third-order valence-corrected chi connectivity index (χ3v) is 5.04. The standard InChI is InChI=1S/C17H16BrN3OS/c1-2-3-12(22)8-16-21-14-7-11(18)6-13(17(14)23-16)10-4-5-15(19)20-9-10/h4-7,9H,2-3,8H2,1H3,(H2,19,20). The minimum atomic E-state index is 0.237. The molecular formula is C17H16BrN3OS. The number of ketones is 1. The molecule has 0 bridgehead atoms. The van der Waals surface area contributed by atoms with Crippen LogP contribution in [0, 0.1) is 0 Å². The van der Waals surface area contributed by atoms with Crippen molar-refractivity contribution in [1.82, 2.24) is 9.97 Å². The molecule has 3 rings (SSSR count). The molecular weight excluding hydrogens is 374 g/mol. The van der Waals surface area contributed by atoms with E-state index in [1.165, 1.54) is 0 Å². The van der Waals surface area contributed by atoms with Crippen LogP contribution in [0.15, 0.2) is 34.9 Å². The van der Waals surface area contributed by atoms with Crippen molar-refractivity contribution in [3.05, 3.63) is 39.9 Å².